The molecule has 0 spiro atoms. The molecule has 0 atom stereocenters. The second-order valence-electron chi connectivity index (χ2n) is 3.30. The van der Waals surface area contributed by atoms with Gasteiger partial charge in [-0.15, -0.1) is 0 Å². The van der Waals surface area contributed by atoms with Crippen molar-refractivity contribution in [1.29, 1.82) is 0 Å². The fourth-order valence-corrected chi connectivity index (χ4v) is 1.44. The molecule has 0 aliphatic rings. The molecule has 0 saturated carbocycles. The van der Waals surface area contributed by atoms with Gasteiger partial charge in [-0.1, -0.05) is 6.42 Å². The largest absolute Gasteiger partial charge is 0.492 e. The monoisotopic (exact) mass is 273 g/mol. The Morgan fingerprint density at radius 1 is 1.20 bits per heavy atom. The highest BCUT2D eigenvalue weighted by Crippen LogP contribution is 2.13. The summed E-state index contributed by atoms with van der Waals surface area (Å²) in [5.41, 5.74) is 0. The van der Waals surface area contributed by atoms with Crippen LogP contribution in [0.3, 0.4) is 0 Å². The fourth-order valence-electron chi connectivity index (χ4n) is 1.21. The maximum Gasteiger partial charge on any atom is 0.137 e. The lowest BCUT2D eigenvalue weighted by Crippen LogP contribution is -1.97. The first kappa shape index (κ1) is 12.5. The molecule has 1 N–H and O–H groups in total. The first-order valence-corrected chi connectivity index (χ1v) is 5.97. The highest BCUT2D eigenvalue weighted by Gasteiger charge is 1.94. The third-order valence-electron chi connectivity index (χ3n) is 2.02. The molecule has 0 saturated heterocycles. The number of halogens is 1. The predicted octanol–water partition coefficient (Wildman–Crippen LogP) is 2.78. The van der Waals surface area contributed by atoms with Crippen LogP contribution in [0.25, 0.3) is 0 Å². The molecule has 0 amide bonds. The number of pyridine rings is 1. The summed E-state index contributed by atoms with van der Waals surface area (Å²) in [5, 5.41) is 8.58. The van der Waals surface area contributed by atoms with Crippen LogP contribution < -0.4 is 4.74 Å². The quantitative estimate of drug-likeness (QED) is 0.614. The summed E-state index contributed by atoms with van der Waals surface area (Å²) < 4.78 is 6.31. The minimum absolute atomic E-state index is 0.289. The minimum atomic E-state index is 0.289. The van der Waals surface area contributed by atoms with E-state index in [1.165, 1.54) is 0 Å². The molecule has 0 fully saturated rings. The molecule has 4 heteroatoms. The van der Waals surface area contributed by atoms with Gasteiger partial charge in [0.05, 0.1) is 12.8 Å². The van der Waals surface area contributed by atoms with Gasteiger partial charge < -0.3 is 9.84 Å². The highest BCUT2D eigenvalue weighted by atomic mass is 79.9. The normalized spacial score (nSPS) is 10.3. The van der Waals surface area contributed by atoms with Crippen LogP contribution in [0.5, 0.6) is 5.75 Å². The number of hydrogen-bond acceptors (Lipinski definition) is 3. The van der Waals surface area contributed by atoms with Crippen molar-refractivity contribution < 1.29 is 9.84 Å². The lowest BCUT2D eigenvalue weighted by Gasteiger charge is -2.05. The highest BCUT2D eigenvalue weighted by molar-refractivity contribution is 9.10. The molecule has 0 radical (unpaired) electrons. The van der Waals surface area contributed by atoms with Crippen molar-refractivity contribution in [2.75, 3.05) is 13.2 Å². The lowest BCUT2D eigenvalue weighted by molar-refractivity contribution is 0.273. The average molecular weight is 274 g/mol. The van der Waals surface area contributed by atoms with Crippen LogP contribution >= 0.6 is 15.9 Å². The van der Waals surface area contributed by atoms with E-state index in [0.717, 1.165) is 42.6 Å². The van der Waals surface area contributed by atoms with Gasteiger partial charge in [0.1, 0.15) is 10.4 Å². The van der Waals surface area contributed by atoms with Gasteiger partial charge in [0.2, 0.25) is 0 Å². The van der Waals surface area contributed by atoms with Crippen LogP contribution in [0.4, 0.5) is 0 Å². The summed E-state index contributed by atoms with van der Waals surface area (Å²) >= 11 is 3.27. The van der Waals surface area contributed by atoms with Gasteiger partial charge in [-0.25, -0.2) is 4.98 Å². The zero-order valence-electron chi connectivity index (χ0n) is 8.66. The Labute approximate surface area is 98.6 Å². The Morgan fingerprint density at radius 2 is 2.00 bits per heavy atom. The zero-order chi connectivity index (χ0) is 10.9. The summed E-state index contributed by atoms with van der Waals surface area (Å²) in [7, 11) is 0. The van der Waals surface area contributed by atoms with E-state index in [0.29, 0.717) is 0 Å². The van der Waals surface area contributed by atoms with Gasteiger partial charge in [0, 0.05) is 6.61 Å². The molecule has 84 valence electrons. The second kappa shape index (κ2) is 7.65. The summed E-state index contributed by atoms with van der Waals surface area (Å²) in [6, 6.07) is 3.76. The van der Waals surface area contributed by atoms with E-state index in [1.807, 2.05) is 12.1 Å². The van der Waals surface area contributed by atoms with Crippen LogP contribution in [0.15, 0.2) is 22.9 Å². The van der Waals surface area contributed by atoms with E-state index in [9.17, 15) is 0 Å². The number of nitrogens with zero attached hydrogens (tertiary/aromatic N) is 1. The smallest absolute Gasteiger partial charge is 0.137 e. The number of hydrogen-bond donors (Lipinski definition) is 1. The predicted molar refractivity (Wildman–Crippen MR) is 63.0 cm³/mol. The molecular weight excluding hydrogens is 258 g/mol. The molecule has 0 bridgehead atoms. The number of aliphatic hydroxyl groups is 1. The van der Waals surface area contributed by atoms with Crippen LogP contribution in [0, 0.1) is 0 Å². The maximum atomic E-state index is 8.58. The minimum Gasteiger partial charge on any atom is -0.492 e. The van der Waals surface area contributed by atoms with Crippen molar-refractivity contribution in [2.24, 2.45) is 0 Å². The van der Waals surface area contributed by atoms with Gasteiger partial charge in [-0.2, -0.15) is 0 Å². The van der Waals surface area contributed by atoms with Crippen LogP contribution in [0.1, 0.15) is 25.7 Å². The van der Waals surface area contributed by atoms with Gasteiger partial charge in [-0.3, -0.25) is 0 Å². The van der Waals surface area contributed by atoms with Crippen LogP contribution in [-0.2, 0) is 0 Å². The topological polar surface area (TPSA) is 42.4 Å². The maximum absolute atomic E-state index is 8.58. The molecule has 3 nitrogen and oxygen atoms in total. The van der Waals surface area contributed by atoms with Crippen molar-refractivity contribution in [2.45, 2.75) is 25.7 Å². The fraction of sp³-hybridized carbons (Fsp3) is 0.545. The molecule has 1 aromatic rings. The van der Waals surface area contributed by atoms with E-state index in [-0.39, 0.29) is 6.61 Å². The number of aliphatic hydroxyl groups excluding tert-OH is 1. The number of unbranched alkanes of at least 4 members (excludes halogenated alkanes) is 3. The molecule has 1 aromatic heterocycles. The summed E-state index contributed by atoms with van der Waals surface area (Å²) in [4.78, 5) is 4.07. The Balaban J connectivity index is 2.07. The van der Waals surface area contributed by atoms with E-state index < -0.39 is 0 Å². The van der Waals surface area contributed by atoms with Crippen molar-refractivity contribution >= 4 is 15.9 Å². The van der Waals surface area contributed by atoms with Crippen molar-refractivity contribution in [3.63, 3.8) is 0 Å². The molecule has 1 heterocycles. The number of aromatic nitrogens is 1. The molecule has 0 aliphatic heterocycles. The van der Waals surface area contributed by atoms with E-state index in [1.54, 1.807) is 6.20 Å². The molecular formula is C11H16BrNO2. The summed E-state index contributed by atoms with van der Waals surface area (Å²) in [6.07, 6.45) is 5.79. The SMILES string of the molecule is OCCCCCCOc1ccc(Br)nc1. The van der Waals surface area contributed by atoms with Crippen molar-refractivity contribution in [3.8, 4) is 5.75 Å². The lowest BCUT2D eigenvalue weighted by atomic mass is 10.2. The Hall–Kier alpha value is -0.610. The second-order valence-corrected chi connectivity index (χ2v) is 4.12. The zero-order valence-corrected chi connectivity index (χ0v) is 10.2. The molecule has 0 aliphatic carbocycles. The van der Waals surface area contributed by atoms with Crippen LogP contribution in [-0.4, -0.2) is 23.3 Å². The van der Waals surface area contributed by atoms with Crippen LogP contribution in [0.2, 0.25) is 0 Å². The van der Waals surface area contributed by atoms with E-state index >= 15 is 0 Å². The first-order valence-electron chi connectivity index (χ1n) is 5.18. The third kappa shape index (κ3) is 5.74. The van der Waals surface area contributed by atoms with Crippen molar-refractivity contribution in [1.82, 2.24) is 4.98 Å². The van der Waals surface area contributed by atoms with Crippen molar-refractivity contribution in [3.05, 3.63) is 22.9 Å². The van der Waals surface area contributed by atoms with E-state index in [2.05, 4.69) is 20.9 Å². The average Bonchev–Trinajstić information content (AvgIpc) is 2.26. The standard InChI is InChI=1S/C11H16BrNO2/c12-11-6-5-10(9-13-11)15-8-4-2-1-3-7-14/h5-6,9,14H,1-4,7-8H2. The summed E-state index contributed by atoms with van der Waals surface area (Å²) in [5.74, 6) is 0.806. The molecule has 0 aromatic carbocycles. The Bertz CT molecular complexity index is 264. The summed E-state index contributed by atoms with van der Waals surface area (Å²) in [6.45, 7) is 1.01. The number of ether oxygens (including phenoxy) is 1. The molecule has 1 rings (SSSR count). The number of rotatable bonds is 7. The molecule has 15 heavy (non-hydrogen) atoms. The van der Waals surface area contributed by atoms with Gasteiger partial charge in [-0.05, 0) is 47.3 Å². The van der Waals surface area contributed by atoms with Gasteiger partial charge >= 0.3 is 0 Å². The van der Waals surface area contributed by atoms with Gasteiger partial charge in [0.15, 0.2) is 0 Å². The third-order valence-corrected chi connectivity index (χ3v) is 2.49. The van der Waals surface area contributed by atoms with Gasteiger partial charge in [0.25, 0.3) is 0 Å². The first-order chi connectivity index (χ1) is 7.33. The van der Waals surface area contributed by atoms with E-state index in [4.69, 9.17) is 9.84 Å². The Morgan fingerprint density at radius 3 is 2.67 bits per heavy atom. The molecule has 0 unspecified atom stereocenters. The Kier molecular flexibility index (Phi) is 6.36.